The average molecular weight is 514 g/mol. The number of nitrogens with two attached hydrogens (primary N) is 1. The lowest BCUT2D eigenvalue weighted by Gasteiger charge is -2.41. The van der Waals surface area contributed by atoms with Gasteiger partial charge in [-0.15, -0.1) is 0 Å². The first-order valence-electron chi connectivity index (χ1n) is 12.2. The molecule has 7 nitrogen and oxygen atoms in total. The van der Waals surface area contributed by atoms with E-state index in [1.807, 2.05) is 6.92 Å². The van der Waals surface area contributed by atoms with Gasteiger partial charge in [0.2, 0.25) is 0 Å². The second-order valence-corrected chi connectivity index (χ2v) is 9.36. The molecular formula is C27H30F3N5O2. The van der Waals surface area contributed by atoms with Crippen LogP contribution in [-0.4, -0.2) is 41.6 Å². The van der Waals surface area contributed by atoms with Crippen LogP contribution in [0.15, 0.2) is 42.7 Å². The Bertz CT molecular complexity index is 1280. The molecule has 1 aromatic carbocycles. The summed E-state index contributed by atoms with van der Waals surface area (Å²) in [6.45, 7) is 7.63. The lowest BCUT2D eigenvalue weighted by molar-refractivity contribution is 0.102. The minimum atomic E-state index is -1.09. The molecule has 4 rings (SSSR count). The Morgan fingerprint density at radius 1 is 1.14 bits per heavy atom. The van der Waals surface area contributed by atoms with E-state index < -0.39 is 34.6 Å². The summed E-state index contributed by atoms with van der Waals surface area (Å²) in [4.78, 5) is 23.3. The van der Waals surface area contributed by atoms with E-state index in [1.54, 1.807) is 12.3 Å². The molecular weight excluding hydrogens is 483 g/mol. The van der Waals surface area contributed by atoms with E-state index in [2.05, 4.69) is 34.0 Å². The summed E-state index contributed by atoms with van der Waals surface area (Å²) in [6.07, 6.45) is 3.72. The number of nitrogens with zero attached hydrogens (tertiary/aromatic N) is 3. The van der Waals surface area contributed by atoms with Crippen molar-refractivity contribution in [2.24, 2.45) is 17.6 Å². The summed E-state index contributed by atoms with van der Waals surface area (Å²) in [5.74, 6) is -3.31. The molecule has 37 heavy (non-hydrogen) atoms. The van der Waals surface area contributed by atoms with Gasteiger partial charge < -0.3 is 20.7 Å². The molecule has 3 aromatic rings. The monoisotopic (exact) mass is 513 g/mol. The molecule has 1 fully saturated rings. The molecule has 0 bridgehead atoms. The molecule has 1 amide bonds. The number of amides is 1. The third-order valence-corrected chi connectivity index (χ3v) is 6.73. The summed E-state index contributed by atoms with van der Waals surface area (Å²) >= 11 is 0. The molecule has 3 atom stereocenters. The minimum Gasteiger partial charge on any atom is -0.491 e. The van der Waals surface area contributed by atoms with Gasteiger partial charge >= 0.3 is 0 Å². The molecule has 0 radical (unpaired) electrons. The zero-order valence-electron chi connectivity index (χ0n) is 21.0. The molecule has 3 N–H and O–H groups in total. The fraction of sp³-hybridized carbons (Fsp3) is 0.370. The first kappa shape index (κ1) is 26.4. The SMILES string of the molecule is CCCOc1ccc(F)c(-c2nc(C(=O)Nc3cnccc3N3CC(C)C(C)C(N)C3)ccc2F)c1F. The van der Waals surface area contributed by atoms with Gasteiger partial charge in [-0.05, 0) is 48.6 Å². The summed E-state index contributed by atoms with van der Waals surface area (Å²) in [5.41, 5.74) is 5.93. The van der Waals surface area contributed by atoms with Crippen LogP contribution >= 0.6 is 0 Å². The van der Waals surface area contributed by atoms with Crippen molar-refractivity contribution in [3.8, 4) is 17.0 Å². The highest BCUT2D eigenvalue weighted by Crippen LogP contribution is 2.34. The Morgan fingerprint density at radius 3 is 2.62 bits per heavy atom. The van der Waals surface area contributed by atoms with E-state index in [-0.39, 0.29) is 24.1 Å². The molecule has 2 aromatic heterocycles. The number of rotatable bonds is 7. The molecule has 196 valence electrons. The molecule has 3 heterocycles. The van der Waals surface area contributed by atoms with Crippen LogP contribution in [0.5, 0.6) is 5.75 Å². The van der Waals surface area contributed by atoms with Gasteiger partial charge in [0.05, 0.1) is 29.7 Å². The van der Waals surface area contributed by atoms with E-state index in [9.17, 15) is 13.6 Å². The summed E-state index contributed by atoms with van der Waals surface area (Å²) in [5, 5.41) is 2.75. The van der Waals surface area contributed by atoms with Gasteiger partial charge in [-0.3, -0.25) is 9.78 Å². The zero-order chi connectivity index (χ0) is 26.7. The molecule has 1 saturated heterocycles. The topological polar surface area (TPSA) is 93.4 Å². The highest BCUT2D eigenvalue weighted by molar-refractivity contribution is 6.04. The maximum absolute atomic E-state index is 15.1. The van der Waals surface area contributed by atoms with Gasteiger partial charge in [-0.1, -0.05) is 20.8 Å². The smallest absolute Gasteiger partial charge is 0.274 e. The van der Waals surface area contributed by atoms with Gasteiger partial charge in [0, 0.05) is 25.3 Å². The highest BCUT2D eigenvalue weighted by atomic mass is 19.1. The molecule has 0 aliphatic carbocycles. The zero-order valence-corrected chi connectivity index (χ0v) is 21.0. The molecule has 10 heteroatoms. The van der Waals surface area contributed by atoms with Crippen molar-refractivity contribution >= 4 is 17.3 Å². The van der Waals surface area contributed by atoms with Crippen molar-refractivity contribution in [1.29, 1.82) is 0 Å². The van der Waals surface area contributed by atoms with Crippen molar-refractivity contribution < 1.29 is 22.7 Å². The average Bonchev–Trinajstić information content (AvgIpc) is 2.88. The lowest BCUT2D eigenvalue weighted by atomic mass is 9.85. The number of benzene rings is 1. The van der Waals surface area contributed by atoms with Crippen LogP contribution in [0.2, 0.25) is 0 Å². The molecule has 1 aliphatic heterocycles. The lowest BCUT2D eigenvalue weighted by Crippen LogP contribution is -2.51. The summed E-state index contributed by atoms with van der Waals surface area (Å²) in [6, 6.07) is 5.95. The molecule has 0 saturated carbocycles. The van der Waals surface area contributed by atoms with E-state index in [0.29, 0.717) is 30.5 Å². The maximum Gasteiger partial charge on any atom is 0.274 e. The second-order valence-electron chi connectivity index (χ2n) is 9.36. The normalized spacial score (nSPS) is 19.5. The second kappa shape index (κ2) is 11.2. The highest BCUT2D eigenvalue weighted by Gasteiger charge is 2.30. The van der Waals surface area contributed by atoms with Crippen molar-refractivity contribution in [3.63, 3.8) is 0 Å². The number of carbonyl (C=O) groups is 1. The number of aromatic nitrogens is 2. The Kier molecular flexibility index (Phi) is 7.97. The first-order chi connectivity index (χ1) is 17.7. The van der Waals surface area contributed by atoms with Crippen LogP contribution in [0, 0.1) is 29.3 Å². The number of nitrogens with one attached hydrogen (secondary N) is 1. The third-order valence-electron chi connectivity index (χ3n) is 6.73. The predicted molar refractivity (Wildman–Crippen MR) is 136 cm³/mol. The van der Waals surface area contributed by atoms with Crippen LogP contribution in [0.4, 0.5) is 24.5 Å². The standard InChI is InChI=1S/C27H30F3N5O2/c1-4-11-37-23-8-6-17(28)24(25(23)30)26-18(29)5-7-20(33-26)27(36)34-21-12-32-10-9-22(21)35-13-15(2)16(3)19(31)14-35/h5-10,12,15-16,19H,4,11,13-14,31H2,1-3H3,(H,34,36). The van der Waals surface area contributed by atoms with Gasteiger partial charge in [0.25, 0.3) is 5.91 Å². The van der Waals surface area contributed by atoms with Gasteiger partial charge in [-0.25, -0.2) is 18.2 Å². The summed E-state index contributed by atoms with van der Waals surface area (Å²) in [7, 11) is 0. The Hall–Kier alpha value is -3.66. The Labute approximate surface area is 213 Å². The number of pyridine rings is 2. The van der Waals surface area contributed by atoms with Crippen LogP contribution in [0.1, 0.15) is 37.7 Å². The van der Waals surface area contributed by atoms with E-state index in [1.165, 1.54) is 6.20 Å². The van der Waals surface area contributed by atoms with Gasteiger partial charge in [-0.2, -0.15) is 0 Å². The van der Waals surface area contributed by atoms with E-state index in [0.717, 1.165) is 36.5 Å². The fourth-order valence-electron chi connectivity index (χ4n) is 4.39. The number of halogens is 3. The number of anilines is 2. The molecule has 0 spiro atoms. The third kappa shape index (κ3) is 5.53. The quantitative estimate of drug-likeness (QED) is 0.461. The van der Waals surface area contributed by atoms with Crippen molar-refractivity contribution in [1.82, 2.24) is 9.97 Å². The van der Waals surface area contributed by atoms with Gasteiger partial charge in [0.1, 0.15) is 23.0 Å². The number of hydrogen-bond acceptors (Lipinski definition) is 6. The van der Waals surface area contributed by atoms with Crippen molar-refractivity contribution in [2.75, 3.05) is 29.9 Å². The first-order valence-corrected chi connectivity index (χ1v) is 12.2. The fourth-order valence-corrected chi connectivity index (χ4v) is 4.39. The Balaban J connectivity index is 1.64. The van der Waals surface area contributed by atoms with E-state index >= 15 is 4.39 Å². The van der Waals surface area contributed by atoms with Crippen molar-refractivity contribution in [3.05, 3.63) is 65.9 Å². The van der Waals surface area contributed by atoms with Crippen LogP contribution < -0.4 is 20.7 Å². The van der Waals surface area contributed by atoms with Crippen LogP contribution in [0.25, 0.3) is 11.3 Å². The number of hydrogen-bond donors (Lipinski definition) is 2. The van der Waals surface area contributed by atoms with E-state index in [4.69, 9.17) is 10.5 Å². The maximum atomic E-state index is 15.1. The van der Waals surface area contributed by atoms with Crippen LogP contribution in [-0.2, 0) is 0 Å². The number of carbonyl (C=O) groups excluding carboxylic acids is 1. The molecule has 3 unspecified atom stereocenters. The minimum absolute atomic E-state index is 0.0383. The number of piperidine rings is 1. The number of ether oxygens (including phenoxy) is 1. The van der Waals surface area contributed by atoms with Crippen LogP contribution in [0.3, 0.4) is 0 Å². The summed E-state index contributed by atoms with van der Waals surface area (Å²) < 4.78 is 49.7. The van der Waals surface area contributed by atoms with Gasteiger partial charge in [0.15, 0.2) is 11.6 Å². The van der Waals surface area contributed by atoms with Crippen molar-refractivity contribution in [2.45, 2.75) is 33.2 Å². The predicted octanol–water partition coefficient (Wildman–Crippen LogP) is 5.02. The largest absolute Gasteiger partial charge is 0.491 e. The molecule has 1 aliphatic rings. The Morgan fingerprint density at radius 2 is 1.89 bits per heavy atom.